The van der Waals surface area contributed by atoms with E-state index < -0.39 is 0 Å². The number of hydrogen-bond donors (Lipinski definition) is 0. The highest BCUT2D eigenvalue weighted by Gasteiger charge is 1.90. The van der Waals surface area contributed by atoms with Crippen molar-refractivity contribution in [2.75, 3.05) is 7.11 Å². The smallest absolute Gasteiger partial charge is 0.181 e. The number of hydrogen-bond acceptors (Lipinski definition) is 2. The Balaban J connectivity index is 3.56. The van der Waals surface area contributed by atoms with Crippen LogP contribution in [0.2, 0.25) is 0 Å². The molecular weight excluding hydrogens is 126 g/mol. The average Bonchev–Trinajstić information content (AvgIpc) is 1.65. The van der Waals surface area contributed by atoms with Gasteiger partial charge < -0.3 is 4.74 Å². The molecule has 0 saturated carbocycles. The first-order chi connectivity index (χ1) is 3.66. The zero-order valence-corrected chi connectivity index (χ0v) is 6.07. The first-order valence-electron chi connectivity index (χ1n) is 2.39. The van der Waals surface area contributed by atoms with Crippen LogP contribution in [-0.4, -0.2) is 18.5 Å². The van der Waals surface area contributed by atoms with Crippen LogP contribution in [-0.2, 0) is 4.74 Å². The molecule has 0 spiro atoms. The van der Waals surface area contributed by atoms with E-state index in [1.54, 1.807) is 21.0 Å². The van der Waals surface area contributed by atoms with Crippen molar-refractivity contribution >= 4 is 17.5 Å². The van der Waals surface area contributed by atoms with Gasteiger partial charge >= 0.3 is 0 Å². The fraction of sp³-hybridized carbons (Fsp3) is 0.800. The van der Waals surface area contributed by atoms with Crippen LogP contribution in [0.25, 0.3) is 0 Å². The van der Waals surface area contributed by atoms with E-state index in [2.05, 4.69) is 4.99 Å². The Hall–Kier alpha value is -0.240. The summed E-state index contributed by atoms with van der Waals surface area (Å²) in [5.74, 6) is 0.618. The van der Waals surface area contributed by atoms with Crippen LogP contribution in [0.5, 0.6) is 0 Å². The van der Waals surface area contributed by atoms with E-state index in [0.717, 1.165) is 0 Å². The first kappa shape index (κ1) is 7.76. The minimum absolute atomic E-state index is 0.185. The summed E-state index contributed by atoms with van der Waals surface area (Å²) in [6.45, 7) is 3.54. The lowest BCUT2D eigenvalue weighted by Gasteiger charge is -1.97. The molecule has 0 aromatic heterocycles. The van der Waals surface area contributed by atoms with Crippen LogP contribution in [0.1, 0.15) is 13.8 Å². The summed E-state index contributed by atoms with van der Waals surface area (Å²) in [5, 5.41) is 0. The Labute approximate surface area is 54.5 Å². The lowest BCUT2D eigenvalue weighted by atomic mass is 10.7. The van der Waals surface area contributed by atoms with E-state index in [4.69, 9.17) is 16.3 Å². The molecule has 0 aliphatic heterocycles. The lowest BCUT2D eigenvalue weighted by Crippen LogP contribution is -1.97. The van der Waals surface area contributed by atoms with Crippen LogP contribution >= 0.6 is 11.6 Å². The first-order valence-corrected chi connectivity index (χ1v) is 2.83. The molecule has 0 N–H and O–H groups in total. The van der Waals surface area contributed by atoms with Crippen molar-refractivity contribution < 1.29 is 4.74 Å². The largest absolute Gasteiger partial charge is 0.484 e. The number of aliphatic imine (C=N–C) groups is 1. The van der Waals surface area contributed by atoms with E-state index in [1.165, 1.54) is 0 Å². The molecule has 0 saturated heterocycles. The maximum absolute atomic E-state index is 5.48. The van der Waals surface area contributed by atoms with Gasteiger partial charge in [0, 0.05) is 6.92 Å². The van der Waals surface area contributed by atoms with Crippen LogP contribution in [0, 0.1) is 0 Å². The van der Waals surface area contributed by atoms with Crippen molar-refractivity contribution in [1.82, 2.24) is 0 Å². The summed E-state index contributed by atoms with van der Waals surface area (Å²) < 4.78 is 4.73. The molecule has 1 atom stereocenters. The van der Waals surface area contributed by atoms with Gasteiger partial charge in [-0.3, -0.25) is 0 Å². The van der Waals surface area contributed by atoms with Gasteiger partial charge in [0.1, 0.15) is 5.50 Å². The molecule has 0 fully saturated rings. The SMILES string of the molecule is COC(C)=NC(C)Cl. The third-order valence-electron chi connectivity index (χ3n) is 0.655. The van der Waals surface area contributed by atoms with E-state index in [1.807, 2.05) is 0 Å². The Morgan fingerprint density at radius 3 is 2.38 bits per heavy atom. The molecular formula is C5H10ClNO. The number of halogens is 1. The van der Waals surface area contributed by atoms with Gasteiger partial charge in [0.15, 0.2) is 5.90 Å². The van der Waals surface area contributed by atoms with Crippen molar-refractivity contribution in [3.8, 4) is 0 Å². The molecule has 0 aromatic rings. The predicted molar refractivity (Wildman–Crippen MR) is 35.4 cm³/mol. The molecule has 2 nitrogen and oxygen atoms in total. The van der Waals surface area contributed by atoms with Crippen molar-refractivity contribution in [3.05, 3.63) is 0 Å². The molecule has 0 aliphatic carbocycles. The number of methoxy groups -OCH3 is 1. The van der Waals surface area contributed by atoms with Gasteiger partial charge in [0.05, 0.1) is 7.11 Å². The van der Waals surface area contributed by atoms with Crippen LogP contribution in [0.4, 0.5) is 0 Å². The molecule has 0 aliphatic rings. The molecule has 3 heteroatoms. The minimum atomic E-state index is -0.185. The number of ether oxygens (including phenoxy) is 1. The van der Waals surface area contributed by atoms with E-state index in [-0.39, 0.29) is 5.50 Å². The standard InChI is InChI=1S/C5H10ClNO/c1-4(6)7-5(2)8-3/h4H,1-3H3. The second kappa shape index (κ2) is 3.72. The average molecular weight is 136 g/mol. The Bertz CT molecular complexity index is 90.4. The third-order valence-corrected chi connectivity index (χ3v) is 0.753. The van der Waals surface area contributed by atoms with Gasteiger partial charge in [0.2, 0.25) is 0 Å². The molecule has 0 bridgehead atoms. The van der Waals surface area contributed by atoms with Gasteiger partial charge in [-0.15, -0.1) is 0 Å². The molecule has 0 rings (SSSR count). The van der Waals surface area contributed by atoms with E-state index >= 15 is 0 Å². The van der Waals surface area contributed by atoms with Crippen molar-refractivity contribution in [3.63, 3.8) is 0 Å². The summed E-state index contributed by atoms with van der Waals surface area (Å²) in [6, 6.07) is 0. The van der Waals surface area contributed by atoms with Crippen LogP contribution in [0.3, 0.4) is 0 Å². The highest BCUT2D eigenvalue weighted by atomic mass is 35.5. The van der Waals surface area contributed by atoms with Gasteiger partial charge in [-0.25, -0.2) is 4.99 Å². The highest BCUT2D eigenvalue weighted by Crippen LogP contribution is 1.94. The van der Waals surface area contributed by atoms with Gasteiger partial charge in [-0.05, 0) is 6.92 Å². The Morgan fingerprint density at radius 2 is 2.25 bits per heavy atom. The Morgan fingerprint density at radius 1 is 1.75 bits per heavy atom. The fourth-order valence-electron chi connectivity index (χ4n) is 0.303. The molecule has 0 heterocycles. The molecule has 8 heavy (non-hydrogen) atoms. The fourth-order valence-corrected chi connectivity index (χ4v) is 0.441. The summed E-state index contributed by atoms with van der Waals surface area (Å²) in [7, 11) is 1.57. The van der Waals surface area contributed by atoms with Crippen molar-refractivity contribution in [2.24, 2.45) is 4.99 Å². The molecule has 0 radical (unpaired) electrons. The highest BCUT2D eigenvalue weighted by molar-refractivity contribution is 6.20. The zero-order valence-electron chi connectivity index (χ0n) is 5.31. The van der Waals surface area contributed by atoms with Gasteiger partial charge in [-0.1, -0.05) is 11.6 Å². The summed E-state index contributed by atoms with van der Waals surface area (Å²) in [5.41, 5.74) is -0.185. The lowest BCUT2D eigenvalue weighted by molar-refractivity contribution is 0.397. The van der Waals surface area contributed by atoms with Crippen LogP contribution < -0.4 is 0 Å². The van der Waals surface area contributed by atoms with Crippen LogP contribution in [0.15, 0.2) is 4.99 Å². The van der Waals surface area contributed by atoms with Crippen molar-refractivity contribution in [2.45, 2.75) is 19.3 Å². The predicted octanol–water partition coefficient (Wildman–Crippen LogP) is 1.64. The van der Waals surface area contributed by atoms with Gasteiger partial charge in [0.25, 0.3) is 0 Å². The molecule has 1 unspecified atom stereocenters. The van der Waals surface area contributed by atoms with E-state index in [9.17, 15) is 0 Å². The zero-order chi connectivity index (χ0) is 6.57. The topological polar surface area (TPSA) is 21.6 Å². The molecule has 48 valence electrons. The third kappa shape index (κ3) is 3.93. The van der Waals surface area contributed by atoms with Crippen molar-refractivity contribution in [1.29, 1.82) is 0 Å². The number of rotatable bonds is 1. The second-order valence-corrected chi connectivity index (χ2v) is 2.06. The summed E-state index contributed by atoms with van der Waals surface area (Å²) >= 11 is 5.48. The van der Waals surface area contributed by atoms with Gasteiger partial charge in [-0.2, -0.15) is 0 Å². The molecule has 0 amide bonds. The Kier molecular flexibility index (Phi) is 3.61. The maximum Gasteiger partial charge on any atom is 0.181 e. The summed E-state index contributed by atoms with van der Waals surface area (Å²) in [6.07, 6.45) is 0. The second-order valence-electron chi connectivity index (χ2n) is 1.43. The minimum Gasteiger partial charge on any atom is -0.484 e. The number of alkyl halides is 1. The molecule has 0 aromatic carbocycles. The normalized spacial score (nSPS) is 15.8. The maximum atomic E-state index is 5.48. The van der Waals surface area contributed by atoms with E-state index in [0.29, 0.717) is 5.90 Å². The monoisotopic (exact) mass is 135 g/mol. The number of nitrogens with zero attached hydrogens (tertiary/aromatic N) is 1. The summed E-state index contributed by atoms with van der Waals surface area (Å²) in [4.78, 5) is 3.86. The quantitative estimate of drug-likeness (QED) is 0.232.